The lowest BCUT2D eigenvalue weighted by molar-refractivity contribution is 0.287. The lowest BCUT2D eigenvalue weighted by atomic mass is 10.1. The van der Waals surface area contributed by atoms with Crippen LogP contribution in [-0.2, 0) is 6.42 Å². The summed E-state index contributed by atoms with van der Waals surface area (Å²) in [6, 6.07) is 13.8. The number of aryl methyl sites for hydroxylation is 1. The molecule has 3 aromatic rings. The van der Waals surface area contributed by atoms with Crippen LogP contribution in [0.2, 0.25) is 0 Å². The number of fused-ring (bicyclic) bond motifs is 1. The van der Waals surface area contributed by atoms with Gasteiger partial charge in [0, 0.05) is 18.7 Å². The van der Waals surface area contributed by atoms with Crippen LogP contribution in [0, 0.1) is 0 Å². The van der Waals surface area contributed by atoms with E-state index in [2.05, 4.69) is 33.6 Å². The molecule has 1 atom stereocenters. The van der Waals surface area contributed by atoms with Crippen LogP contribution in [0.25, 0.3) is 5.70 Å². The molecule has 1 aromatic carbocycles. The van der Waals surface area contributed by atoms with Crippen LogP contribution in [0.1, 0.15) is 29.6 Å². The van der Waals surface area contributed by atoms with Crippen molar-refractivity contribution in [3.63, 3.8) is 0 Å². The van der Waals surface area contributed by atoms with E-state index < -0.39 is 0 Å². The second kappa shape index (κ2) is 6.33. The third-order valence-corrected chi connectivity index (χ3v) is 3.99. The average Bonchev–Trinajstić information content (AvgIpc) is 3.29. The lowest BCUT2D eigenvalue weighted by Crippen LogP contribution is -2.19. The van der Waals surface area contributed by atoms with Gasteiger partial charge in [-0.1, -0.05) is 30.3 Å². The third kappa shape index (κ3) is 2.72. The number of aliphatic hydroxyl groups excluding tert-OH is 1. The summed E-state index contributed by atoms with van der Waals surface area (Å²) in [6.45, 7) is 0.131. The highest BCUT2D eigenvalue weighted by molar-refractivity contribution is 5.76. The summed E-state index contributed by atoms with van der Waals surface area (Å²) < 4.78 is 7.43. The van der Waals surface area contributed by atoms with Gasteiger partial charge in [0.1, 0.15) is 11.8 Å². The van der Waals surface area contributed by atoms with Crippen LogP contribution in [0.15, 0.2) is 59.2 Å². The molecule has 24 heavy (non-hydrogen) atoms. The summed E-state index contributed by atoms with van der Waals surface area (Å²) in [4.78, 5) is 4.57. The molecule has 0 radical (unpaired) electrons. The third-order valence-electron chi connectivity index (χ3n) is 3.99. The Morgan fingerprint density at radius 2 is 2.04 bits per heavy atom. The second-order valence-electron chi connectivity index (χ2n) is 5.65. The van der Waals surface area contributed by atoms with E-state index in [-0.39, 0.29) is 12.6 Å². The minimum Gasteiger partial charge on any atom is -0.467 e. The van der Waals surface area contributed by atoms with Crippen LogP contribution in [-0.4, -0.2) is 26.5 Å². The van der Waals surface area contributed by atoms with E-state index in [1.807, 2.05) is 35.0 Å². The van der Waals surface area contributed by atoms with E-state index in [0.717, 1.165) is 17.0 Å². The van der Waals surface area contributed by atoms with Crippen LogP contribution in [0.5, 0.6) is 0 Å². The fraction of sp³-hybridized carbons (Fsp3) is 0.222. The zero-order valence-electron chi connectivity index (χ0n) is 13.1. The van der Waals surface area contributed by atoms with E-state index in [4.69, 9.17) is 9.52 Å². The first-order chi connectivity index (χ1) is 11.8. The summed E-state index contributed by atoms with van der Waals surface area (Å²) in [5.41, 5.74) is 2.06. The number of allylic oxidation sites excluding steroid dienone is 1. The minimum atomic E-state index is -0.151. The Hall–Kier alpha value is -2.86. The van der Waals surface area contributed by atoms with Gasteiger partial charge < -0.3 is 14.8 Å². The molecule has 0 spiro atoms. The molecule has 1 aliphatic heterocycles. The predicted octanol–water partition coefficient (Wildman–Crippen LogP) is 2.85. The summed E-state index contributed by atoms with van der Waals surface area (Å²) >= 11 is 0. The normalized spacial score (nSPS) is 16.4. The molecule has 0 bridgehead atoms. The Morgan fingerprint density at radius 3 is 2.79 bits per heavy atom. The van der Waals surface area contributed by atoms with Gasteiger partial charge >= 0.3 is 0 Å². The van der Waals surface area contributed by atoms with Crippen molar-refractivity contribution in [2.75, 3.05) is 11.9 Å². The topological polar surface area (TPSA) is 76.1 Å². The van der Waals surface area contributed by atoms with Crippen molar-refractivity contribution in [1.29, 1.82) is 0 Å². The molecule has 6 heteroatoms. The smallest absolute Gasteiger partial charge is 0.226 e. The second-order valence-corrected chi connectivity index (χ2v) is 5.65. The number of nitrogens with one attached hydrogen (secondary N) is 1. The fourth-order valence-corrected chi connectivity index (χ4v) is 2.83. The predicted molar refractivity (Wildman–Crippen MR) is 90.3 cm³/mol. The molecule has 1 aliphatic rings. The van der Waals surface area contributed by atoms with Gasteiger partial charge in [-0.3, -0.25) is 0 Å². The first-order valence-electron chi connectivity index (χ1n) is 7.99. The SMILES string of the molecule is OCCCc1nc2n(n1)C(c1ccco1)C=C(c1ccccc1)N2. The number of hydrogen-bond donors (Lipinski definition) is 2. The molecule has 1 unspecified atom stereocenters. The van der Waals surface area contributed by atoms with E-state index in [0.29, 0.717) is 24.6 Å². The maximum absolute atomic E-state index is 9.02. The first kappa shape index (κ1) is 14.7. The monoisotopic (exact) mass is 322 g/mol. The summed E-state index contributed by atoms with van der Waals surface area (Å²) in [5, 5.41) is 16.9. The quantitative estimate of drug-likeness (QED) is 0.755. The summed E-state index contributed by atoms with van der Waals surface area (Å²) in [5.74, 6) is 2.21. The highest BCUT2D eigenvalue weighted by atomic mass is 16.3. The number of aliphatic hydroxyl groups is 1. The molecular formula is C18H18N4O2. The molecule has 2 aromatic heterocycles. The standard InChI is InChI=1S/C18H18N4O2/c23-10-4-9-17-20-18-19-14(13-6-2-1-3-7-13)12-15(22(18)21-17)16-8-5-11-24-16/h1-3,5-8,11-12,15,23H,4,9-10H2,(H,19,20,21). The van der Waals surface area contributed by atoms with Gasteiger partial charge in [-0.2, -0.15) is 10.1 Å². The van der Waals surface area contributed by atoms with Gasteiger partial charge in [0.2, 0.25) is 5.95 Å². The molecule has 2 N–H and O–H groups in total. The Bertz CT molecular complexity index is 837. The van der Waals surface area contributed by atoms with E-state index in [9.17, 15) is 0 Å². The Kier molecular flexibility index (Phi) is 3.88. The Morgan fingerprint density at radius 1 is 1.17 bits per heavy atom. The Balaban J connectivity index is 1.74. The van der Waals surface area contributed by atoms with Crippen molar-refractivity contribution >= 4 is 11.6 Å². The number of aromatic nitrogens is 3. The summed E-state index contributed by atoms with van der Waals surface area (Å²) in [7, 11) is 0. The van der Waals surface area contributed by atoms with Crippen LogP contribution < -0.4 is 5.32 Å². The highest BCUT2D eigenvalue weighted by Crippen LogP contribution is 2.32. The van der Waals surface area contributed by atoms with Crippen LogP contribution in [0.4, 0.5) is 5.95 Å². The van der Waals surface area contributed by atoms with Gasteiger partial charge in [-0.25, -0.2) is 4.68 Å². The summed E-state index contributed by atoms with van der Waals surface area (Å²) in [6.07, 6.45) is 5.04. The lowest BCUT2D eigenvalue weighted by Gasteiger charge is -2.22. The van der Waals surface area contributed by atoms with Gasteiger partial charge in [0.15, 0.2) is 5.82 Å². The van der Waals surface area contributed by atoms with Crippen molar-refractivity contribution in [2.45, 2.75) is 18.9 Å². The van der Waals surface area contributed by atoms with Gasteiger partial charge in [-0.15, -0.1) is 0 Å². The van der Waals surface area contributed by atoms with Crippen molar-refractivity contribution in [2.24, 2.45) is 0 Å². The number of rotatable bonds is 5. The molecule has 6 nitrogen and oxygen atoms in total. The van der Waals surface area contributed by atoms with Crippen LogP contribution >= 0.6 is 0 Å². The molecule has 0 aliphatic carbocycles. The van der Waals surface area contributed by atoms with Crippen molar-refractivity contribution in [3.8, 4) is 0 Å². The molecule has 0 amide bonds. The first-order valence-corrected chi connectivity index (χ1v) is 7.99. The van der Waals surface area contributed by atoms with Gasteiger partial charge in [-0.05, 0) is 30.2 Å². The maximum atomic E-state index is 9.02. The zero-order chi connectivity index (χ0) is 16.4. The number of anilines is 1. The van der Waals surface area contributed by atoms with Crippen molar-refractivity contribution in [3.05, 3.63) is 72.0 Å². The zero-order valence-corrected chi connectivity index (χ0v) is 13.1. The molecule has 4 rings (SSSR count). The number of furan rings is 1. The molecule has 0 saturated carbocycles. The fourth-order valence-electron chi connectivity index (χ4n) is 2.83. The van der Waals surface area contributed by atoms with Gasteiger partial charge in [0.25, 0.3) is 0 Å². The molecular weight excluding hydrogens is 304 g/mol. The minimum absolute atomic E-state index is 0.131. The molecule has 0 fully saturated rings. The average molecular weight is 322 g/mol. The van der Waals surface area contributed by atoms with Gasteiger partial charge in [0.05, 0.1) is 6.26 Å². The van der Waals surface area contributed by atoms with E-state index in [1.54, 1.807) is 6.26 Å². The van der Waals surface area contributed by atoms with Crippen molar-refractivity contribution < 1.29 is 9.52 Å². The number of hydrogen-bond acceptors (Lipinski definition) is 5. The number of nitrogens with zero attached hydrogens (tertiary/aromatic N) is 3. The van der Waals surface area contributed by atoms with E-state index >= 15 is 0 Å². The molecule has 122 valence electrons. The molecule has 0 saturated heterocycles. The number of benzene rings is 1. The van der Waals surface area contributed by atoms with Crippen molar-refractivity contribution in [1.82, 2.24) is 14.8 Å². The van der Waals surface area contributed by atoms with Crippen LogP contribution in [0.3, 0.4) is 0 Å². The maximum Gasteiger partial charge on any atom is 0.226 e. The highest BCUT2D eigenvalue weighted by Gasteiger charge is 2.26. The molecule has 3 heterocycles. The largest absolute Gasteiger partial charge is 0.467 e. The van der Waals surface area contributed by atoms with E-state index in [1.165, 1.54) is 0 Å². The Labute approximate surface area is 139 Å².